The van der Waals surface area contributed by atoms with Gasteiger partial charge in [-0.1, -0.05) is 36.4 Å². The second-order valence-corrected chi connectivity index (χ2v) is 7.30. The predicted molar refractivity (Wildman–Crippen MR) is 119 cm³/mol. The molecular formula is C24H27N3O3. The smallest absolute Gasteiger partial charge is 0.325 e. The van der Waals surface area contributed by atoms with Crippen molar-refractivity contribution < 1.29 is 14.3 Å². The molecule has 6 nitrogen and oxygen atoms in total. The molecule has 0 bridgehead atoms. The third-order valence-corrected chi connectivity index (χ3v) is 5.19. The highest BCUT2D eigenvalue weighted by molar-refractivity contribution is 6.01. The first-order chi connectivity index (χ1) is 14.4. The predicted octanol–water partition coefficient (Wildman–Crippen LogP) is 3.82. The molecule has 0 aliphatic heterocycles. The van der Waals surface area contributed by atoms with Crippen molar-refractivity contribution in [3.05, 3.63) is 70.4 Å². The van der Waals surface area contributed by atoms with Gasteiger partial charge in [0.05, 0.1) is 19.2 Å². The zero-order valence-corrected chi connectivity index (χ0v) is 17.9. The van der Waals surface area contributed by atoms with E-state index in [0.29, 0.717) is 6.61 Å². The Morgan fingerprint density at radius 2 is 1.87 bits per heavy atom. The van der Waals surface area contributed by atoms with Crippen LogP contribution >= 0.6 is 0 Å². The number of carbonyl (C=O) groups excluding carboxylic acids is 2. The van der Waals surface area contributed by atoms with Gasteiger partial charge in [-0.15, -0.1) is 0 Å². The maximum atomic E-state index is 12.3. The highest BCUT2D eigenvalue weighted by Gasteiger charge is 2.15. The molecule has 6 heteroatoms. The average molecular weight is 405 g/mol. The molecule has 0 atom stereocenters. The van der Waals surface area contributed by atoms with Crippen molar-refractivity contribution in [3.63, 3.8) is 0 Å². The molecule has 3 rings (SSSR count). The largest absolute Gasteiger partial charge is 0.465 e. The summed E-state index contributed by atoms with van der Waals surface area (Å²) in [6.45, 7) is 8.27. The Morgan fingerprint density at radius 3 is 2.60 bits per heavy atom. The Morgan fingerprint density at radius 1 is 1.10 bits per heavy atom. The van der Waals surface area contributed by atoms with E-state index in [0.717, 1.165) is 33.3 Å². The lowest BCUT2D eigenvalue weighted by Gasteiger charge is -2.07. The summed E-state index contributed by atoms with van der Waals surface area (Å²) in [5.41, 5.74) is 8.59. The summed E-state index contributed by atoms with van der Waals surface area (Å²) in [5, 5.41) is 5.13. The molecule has 0 fully saturated rings. The van der Waals surface area contributed by atoms with Gasteiger partial charge in [0, 0.05) is 22.2 Å². The maximum absolute atomic E-state index is 12.3. The normalized spacial score (nSPS) is 11.2. The molecule has 0 saturated carbocycles. The molecule has 1 amide bonds. The average Bonchev–Trinajstić information content (AvgIpc) is 2.97. The summed E-state index contributed by atoms with van der Waals surface area (Å²) in [6.07, 6.45) is 1.90. The number of fused-ring (bicyclic) bond motifs is 1. The van der Waals surface area contributed by atoms with Gasteiger partial charge in [0.15, 0.2) is 0 Å². The number of hydrazone groups is 1. The van der Waals surface area contributed by atoms with Crippen LogP contribution in [0.4, 0.5) is 0 Å². The number of esters is 1. The van der Waals surface area contributed by atoms with Gasteiger partial charge in [-0.2, -0.15) is 5.10 Å². The Bertz CT molecular complexity index is 1110. The van der Waals surface area contributed by atoms with Crippen LogP contribution in [0.5, 0.6) is 0 Å². The van der Waals surface area contributed by atoms with E-state index in [2.05, 4.69) is 10.5 Å². The fourth-order valence-corrected chi connectivity index (χ4v) is 3.47. The van der Waals surface area contributed by atoms with Crippen LogP contribution in [0.3, 0.4) is 0 Å². The van der Waals surface area contributed by atoms with Crippen molar-refractivity contribution in [1.29, 1.82) is 0 Å². The lowest BCUT2D eigenvalue weighted by atomic mass is 10.0. The molecular weight excluding hydrogens is 378 g/mol. The molecule has 3 aromatic rings. The number of benzene rings is 2. The van der Waals surface area contributed by atoms with Crippen LogP contribution in [0.2, 0.25) is 0 Å². The number of ether oxygens (including phenoxy) is 1. The molecule has 2 aromatic carbocycles. The van der Waals surface area contributed by atoms with E-state index >= 15 is 0 Å². The number of rotatable bonds is 7. The minimum Gasteiger partial charge on any atom is -0.465 e. The summed E-state index contributed by atoms with van der Waals surface area (Å²) < 4.78 is 7.00. The van der Waals surface area contributed by atoms with E-state index in [1.54, 1.807) is 13.1 Å². The van der Waals surface area contributed by atoms with Crippen LogP contribution < -0.4 is 5.43 Å². The molecule has 0 unspecified atom stereocenters. The lowest BCUT2D eigenvalue weighted by molar-refractivity contribution is -0.143. The van der Waals surface area contributed by atoms with Crippen LogP contribution in [0.1, 0.15) is 34.9 Å². The number of nitrogens with one attached hydrogen (secondary N) is 1. The van der Waals surface area contributed by atoms with Crippen LogP contribution in [-0.4, -0.2) is 29.3 Å². The van der Waals surface area contributed by atoms with Crippen molar-refractivity contribution in [2.45, 2.75) is 40.7 Å². The molecule has 1 aromatic heterocycles. The monoisotopic (exact) mass is 405 g/mol. The third-order valence-electron chi connectivity index (χ3n) is 5.19. The number of para-hydroxylation sites is 1. The molecule has 0 spiro atoms. The number of carbonyl (C=O) groups is 2. The van der Waals surface area contributed by atoms with E-state index in [4.69, 9.17) is 4.74 Å². The molecule has 0 aliphatic rings. The SMILES string of the molecule is CCOC(=O)Cn1c(C)c(C=NNC(=O)Cc2ccc(C)c(C)c2)c2ccccc21. The Balaban J connectivity index is 1.77. The van der Waals surface area contributed by atoms with Gasteiger partial charge in [0.2, 0.25) is 5.91 Å². The van der Waals surface area contributed by atoms with Crippen LogP contribution in [0, 0.1) is 20.8 Å². The highest BCUT2D eigenvalue weighted by Crippen LogP contribution is 2.24. The van der Waals surface area contributed by atoms with Crippen molar-refractivity contribution in [1.82, 2.24) is 9.99 Å². The minimum absolute atomic E-state index is 0.132. The van der Waals surface area contributed by atoms with Gasteiger partial charge < -0.3 is 9.30 Å². The zero-order valence-electron chi connectivity index (χ0n) is 17.9. The summed E-state index contributed by atoms with van der Waals surface area (Å²) in [7, 11) is 0. The van der Waals surface area contributed by atoms with Gasteiger partial charge in [-0.25, -0.2) is 5.43 Å². The number of amides is 1. The van der Waals surface area contributed by atoms with Crippen molar-refractivity contribution in [3.8, 4) is 0 Å². The standard InChI is InChI=1S/C24H27N3O3/c1-5-30-24(29)15-27-18(4)21(20-8-6-7-9-22(20)27)14-25-26-23(28)13-19-11-10-16(2)17(3)12-19/h6-12,14H,5,13,15H2,1-4H3,(H,26,28). The molecule has 1 heterocycles. The second kappa shape index (κ2) is 9.39. The summed E-state index contributed by atoms with van der Waals surface area (Å²) >= 11 is 0. The first-order valence-electron chi connectivity index (χ1n) is 10.0. The quantitative estimate of drug-likeness (QED) is 0.369. The van der Waals surface area contributed by atoms with Crippen LogP contribution in [-0.2, 0) is 27.3 Å². The van der Waals surface area contributed by atoms with E-state index in [1.807, 2.05) is 67.8 Å². The summed E-state index contributed by atoms with van der Waals surface area (Å²) in [4.78, 5) is 24.3. The first-order valence-corrected chi connectivity index (χ1v) is 10.0. The van der Waals surface area contributed by atoms with Crippen LogP contribution in [0.15, 0.2) is 47.6 Å². The van der Waals surface area contributed by atoms with Gasteiger partial charge in [0.1, 0.15) is 6.54 Å². The fraction of sp³-hybridized carbons (Fsp3) is 0.292. The molecule has 156 valence electrons. The maximum Gasteiger partial charge on any atom is 0.325 e. The molecule has 0 saturated heterocycles. The second-order valence-electron chi connectivity index (χ2n) is 7.30. The van der Waals surface area contributed by atoms with Gasteiger partial charge in [0.25, 0.3) is 0 Å². The lowest BCUT2D eigenvalue weighted by Crippen LogP contribution is -2.20. The van der Waals surface area contributed by atoms with Crippen molar-refractivity contribution in [2.75, 3.05) is 6.61 Å². The Labute approximate surface area is 176 Å². The Hall–Kier alpha value is -3.41. The topological polar surface area (TPSA) is 72.7 Å². The molecule has 30 heavy (non-hydrogen) atoms. The van der Waals surface area contributed by atoms with E-state index < -0.39 is 0 Å². The van der Waals surface area contributed by atoms with E-state index in [1.165, 1.54) is 5.56 Å². The molecule has 1 N–H and O–H groups in total. The molecule has 0 aliphatic carbocycles. The third kappa shape index (κ3) is 4.76. The Kier molecular flexibility index (Phi) is 6.67. The first kappa shape index (κ1) is 21.3. The van der Waals surface area contributed by atoms with E-state index in [9.17, 15) is 9.59 Å². The minimum atomic E-state index is -0.286. The van der Waals surface area contributed by atoms with Gasteiger partial charge in [-0.05, 0) is 50.5 Å². The van der Waals surface area contributed by atoms with Gasteiger partial charge in [-0.3, -0.25) is 9.59 Å². The number of hydrogen-bond acceptors (Lipinski definition) is 4. The van der Waals surface area contributed by atoms with Crippen LogP contribution in [0.25, 0.3) is 10.9 Å². The zero-order chi connectivity index (χ0) is 21.7. The van der Waals surface area contributed by atoms with E-state index in [-0.39, 0.29) is 24.8 Å². The fourth-order valence-electron chi connectivity index (χ4n) is 3.47. The number of aromatic nitrogens is 1. The number of hydrogen-bond donors (Lipinski definition) is 1. The number of nitrogens with zero attached hydrogens (tertiary/aromatic N) is 2. The summed E-state index contributed by atoms with van der Waals surface area (Å²) in [6, 6.07) is 13.8. The van der Waals surface area contributed by atoms with Crippen molar-refractivity contribution in [2.24, 2.45) is 5.10 Å². The van der Waals surface area contributed by atoms with Gasteiger partial charge >= 0.3 is 5.97 Å². The highest BCUT2D eigenvalue weighted by atomic mass is 16.5. The molecule has 0 radical (unpaired) electrons. The summed E-state index contributed by atoms with van der Waals surface area (Å²) in [5.74, 6) is -0.464. The number of aryl methyl sites for hydroxylation is 2. The van der Waals surface area contributed by atoms with Crippen molar-refractivity contribution >= 4 is 29.0 Å².